The molecule has 82 valence electrons. The number of hydrogen-bond donors (Lipinski definition) is 0. The van der Waals surface area contributed by atoms with Gasteiger partial charge in [-0.25, -0.2) is 4.79 Å². The van der Waals surface area contributed by atoms with Crippen LogP contribution in [0.25, 0.3) is 6.08 Å². The minimum absolute atomic E-state index is 0.505. The van der Waals surface area contributed by atoms with E-state index in [0.29, 0.717) is 0 Å². The molecule has 0 fully saturated rings. The molecule has 1 aromatic rings. The quantitative estimate of drug-likeness (QED) is 0.575. The Morgan fingerprint density at radius 2 is 2.06 bits per heavy atom. The van der Waals surface area contributed by atoms with Crippen LogP contribution in [0.2, 0.25) is 0 Å². The molecule has 0 radical (unpaired) electrons. The van der Waals surface area contributed by atoms with Crippen LogP contribution in [0.15, 0.2) is 30.3 Å². The average molecular weight is 215 g/mol. The summed E-state index contributed by atoms with van der Waals surface area (Å²) in [6, 6.07) is 9.57. The van der Waals surface area contributed by atoms with Crippen LogP contribution < -0.4 is 0 Å². The number of aryl methyl sites for hydroxylation is 1. The second kappa shape index (κ2) is 5.72. The number of benzene rings is 1. The number of hydrogen-bond acceptors (Lipinski definition) is 3. The molecule has 0 heterocycles. The van der Waals surface area contributed by atoms with Gasteiger partial charge in [0.05, 0.1) is 0 Å². The highest BCUT2D eigenvalue weighted by molar-refractivity contribution is 5.87. The van der Waals surface area contributed by atoms with Crippen molar-refractivity contribution < 1.29 is 9.53 Å². The fraction of sp³-hybridized carbons (Fsp3) is 0.231. The molecule has 3 heteroatoms. The van der Waals surface area contributed by atoms with Crippen molar-refractivity contribution in [3.8, 4) is 6.07 Å². The lowest BCUT2D eigenvalue weighted by Gasteiger charge is -2.01. The summed E-state index contributed by atoms with van der Waals surface area (Å²) in [6.07, 6.45) is 2.26. The summed E-state index contributed by atoms with van der Waals surface area (Å²) < 4.78 is 4.76. The van der Waals surface area contributed by atoms with E-state index in [4.69, 9.17) is 10.00 Å². The molecule has 0 aliphatic carbocycles. The van der Waals surface area contributed by atoms with Gasteiger partial charge in [-0.15, -0.1) is 0 Å². The molecule has 0 spiro atoms. The minimum Gasteiger partial charge on any atom is -0.444 e. The molecule has 0 saturated heterocycles. The third-order valence-corrected chi connectivity index (χ3v) is 1.96. The number of nitrogens with zero attached hydrogens (tertiary/aromatic N) is 1. The van der Waals surface area contributed by atoms with Crippen LogP contribution in [0.3, 0.4) is 0 Å². The van der Waals surface area contributed by atoms with Crippen LogP contribution in [-0.2, 0) is 9.53 Å². The van der Waals surface area contributed by atoms with Crippen LogP contribution in [0.4, 0.5) is 0 Å². The molecule has 1 unspecified atom stereocenters. The largest absolute Gasteiger partial charge is 0.444 e. The van der Waals surface area contributed by atoms with E-state index in [1.54, 1.807) is 6.08 Å². The SMILES string of the molecule is Cc1ccc(/C=C/C(=O)OC(C)C#N)cc1. The fourth-order valence-electron chi connectivity index (χ4n) is 1.08. The Morgan fingerprint density at radius 1 is 1.44 bits per heavy atom. The predicted octanol–water partition coefficient (Wildman–Crippen LogP) is 2.46. The summed E-state index contributed by atoms with van der Waals surface area (Å²) >= 11 is 0. The monoisotopic (exact) mass is 215 g/mol. The Hall–Kier alpha value is -2.08. The number of nitriles is 1. The summed E-state index contributed by atoms with van der Waals surface area (Å²) in [5.41, 5.74) is 2.09. The molecule has 0 aliphatic heterocycles. The highest BCUT2D eigenvalue weighted by Crippen LogP contribution is 2.05. The summed E-state index contributed by atoms with van der Waals surface area (Å²) in [7, 11) is 0. The number of rotatable bonds is 3. The van der Waals surface area contributed by atoms with Gasteiger partial charge in [-0.1, -0.05) is 29.8 Å². The summed E-state index contributed by atoms with van der Waals surface area (Å²) in [5.74, 6) is -0.505. The van der Waals surface area contributed by atoms with E-state index < -0.39 is 12.1 Å². The maximum Gasteiger partial charge on any atom is 0.332 e. The summed E-state index contributed by atoms with van der Waals surface area (Å²) in [4.78, 5) is 11.2. The topological polar surface area (TPSA) is 50.1 Å². The Bertz CT molecular complexity index is 426. The van der Waals surface area contributed by atoms with Gasteiger partial charge in [0.1, 0.15) is 6.07 Å². The van der Waals surface area contributed by atoms with Gasteiger partial charge in [0.15, 0.2) is 6.10 Å². The summed E-state index contributed by atoms with van der Waals surface area (Å²) in [6.45, 7) is 3.52. The zero-order valence-corrected chi connectivity index (χ0v) is 9.31. The van der Waals surface area contributed by atoms with Crippen molar-refractivity contribution in [1.29, 1.82) is 5.26 Å². The van der Waals surface area contributed by atoms with Crippen molar-refractivity contribution in [2.75, 3.05) is 0 Å². The van der Waals surface area contributed by atoms with Crippen molar-refractivity contribution >= 4 is 12.0 Å². The molecule has 0 bridgehead atoms. The molecule has 1 aromatic carbocycles. The summed E-state index contributed by atoms with van der Waals surface area (Å²) in [5, 5.41) is 8.45. The molecular weight excluding hydrogens is 202 g/mol. The first-order chi connectivity index (χ1) is 7.61. The first kappa shape index (κ1) is 12.0. The third-order valence-electron chi connectivity index (χ3n) is 1.96. The van der Waals surface area contributed by atoms with Gasteiger partial charge in [-0.2, -0.15) is 5.26 Å². The molecule has 0 aliphatic rings. The number of esters is 1. The van der Waals surface area contributed by atoms with Crippen LogP contribution in [0.1, 0.15) is 18.1 Å². The van der Waals surface area contributed by atoms with E-state index in [2.05, 4.69) is 0 Å². The van der Waals surface area contributed by atoms with Gasteiger partial charge in [-0.05, 0) is 25.5 Å². The van der Waals surface area contributed by atoms with Gasteiger partial charge >= 0.3 is 5.97 Å². The molecule has 1 atom stereocenters. The molecule has 0 saturated carbocycles. The Morgan fingerprint density at radius 3 is 2.62 bits per heavy atom. The molecule has 1 rings (SSSR count). The minimum atomic E-state index is -0.713. The van der Waals surface area contributed by atoms with Crippen molar-refractivity contribution in [2.24, 2.45) is 0 Å². The van der Waals surface area contributed by atoms with Gasteiger partial charge in [-0.3, -0.25) is 0 Å². The van der Waals surface area contributed by atoms with E-state index in [0.717, 1.165) is 11.1 Å². The van der Waals surface area contributed by atoms with Crippen LogP contribution in [0, 0.1) is 18.3 Å². The zero-order chi connectivity index (χ0) is 12.0. The lowest BCUT2D eigenvalue weighted by atomic mass is 10.1. The highest BCUT2D eigenvalue weighted by Gasteiger charge is 2.03. The van der Waals surface area contributed by atoms with E-state index in [1.807, 2.05) is 37.3 Å². The van der Waals surface area contributed by atoms with Crippen molar-refractivity contribution in [2.45, 2.75) is 20.0 Å². The average Bonchev–Trinajstić information content (AvgIpc) is 2.28. The molecule has 16 heavy (non-hydrogen) atoms. The van der Waals surface area contributed by atoms with Crippen molar-refractivity contribution in [1.82, 2.24) is 0 Å². The molecule has 0 aromatic heterocycles. The highest BCUT2D eigenvalue weighted by atomic mass is 16.5. The van der Waals surface area contributed by atoms with Gasteiger partial charge in [0.25, 0.3) is 0 Å². The predicted molar refractivity (Wildman–Crippen MR) is 61.4 cm³/mol. The molecule has 0 amide bonds. The zero-order valence-electron chi connectivity index (χ0n) is 9.31. The first-order valence-corrected chi connectivity index (χ1v) is 4.97. The van der Waals surface area contributed by atoms with Gasteiger partial charge in [0.2, 0.25) is 0 Å². The van der Waals surface area contributed by atoms with E-state index in [9.17, 15) is 4.79 Å². The molecule has 0 N–H and O–H groups in total. The van der Waals surface area contributed by atoms with Gasteiger partial charge < -0.3 is 4.74 Å². The van der Waals surface area contributed by atoms with E-state index >= 15 is 0 Å². The normalized spacial score (nSPS) is 12.1. The van der Waals surface area contributed by atoms with Crippen LogP contribution in [0.5, 0.6) is 0 Å². The smallest absolute Gasteiger partial charge is 0.332 e. The maximum atomic E-state index is 11.2. The maximum absolute atomic E-state index is 11.2. The number of carbonyl (C=O) groups is 1. The molecular formula is C13H13NO2. The lowest BCUT2D eigenvalue weighted by Crippen LogP contribution is -2.10. The van der Waals surface area contributed by atoms with Crippen LogP contribution in [-0.4, -0.2) is 12.1 Å². The van der Waals surface area contributed by atoms with Gasteiger partial charge in [0, 0.05) is 6.08 Å². The standard InChI is InChI=1S/C13H13NO2/c1-10-3-5-12(6-4-10)7-8-13(15)16-11(2)9-14/h3-8,11H,1-2H3/b8-7+. The van der Waals surface area contributed by atoms with Crippen molar-refractivity contribution in [3.05, 3.63) is 41.5 Å². The lowest BCUT2D eigenvalue weighted by molar-refractivity contribution is -0.139. The Balaban J connectivity index is 2.57. The third kappa shape index (κ3) is 3.97. The Kier molecular flexibility index (Phi) is 4.28. The molecule has 3 nitrogen and oxygen atoms in total. The second-order valence-corrected chi connectivity index (χ2v) is 3.45. The second-order valence-electron chi connectivity index (χ2n) is 3.45. The number of ether oxygens (including phenoxy) is 1. The fourth-order valence-corrected chi connectivity index (χ4v) is 1.08. The Labute approximate surface area is 95.0 Å². The van der Waals surface area contributed by atoms with E-state index in [1.165, 1.54) is 13.0 Å². The van der Waals surface area contributed by atoms with Crippen molar-refractivity contribution in [3.63, 3.8) is 0 Å². The first-order valence-electron chi connectivity index (χ1n) is 4.97. The van der Waals surface area contributed by atoms with Crippen LogP contribution >= 0.6 is 0 Å². The van der Waals surface area contributed by atoms with E-state index in [-0.39, 0.29) is 0 Å². The number of carbonyl (C=O) groups excluding carboxylic acids is 1.